The first-order chi connectivity index (χ1) is 11.9. The molecule has 1 amide bonds. The molecule has 1 N–H and O–H groups in total. The highest BCUT2D eigenvalue weighted by atomic mass is 19.1. The summed E-state index contributed by atoms with van der Waals surface area (Å²) in [6, 6.07) is 5.32. The van der Waals surface area contributed by atoms with Gasteiger partial charge in [0.1, 0.15) is 11.6 Å². The second kappa shape index (κ2) is 7.54. The van der Waals surface area contributed by atoms with Gasteiger partial charge < -0.3 is 10.2 Å². The van der Waals surface area contributed by atoms with Crippen molar-refractivity contribution in [3.63, 3.8) is 0 Å². The van der Waals surface area contributed by atoms with E-state index in [2.05, 4.69) is 10.2 Å². The van der Waals surface area contributed by atoms with E-state index in [1.54, 1.807) is 6.07 Å². The van der Waals surface area contributed by atoms with E-state index in [1.807, 2.05) is 19.9 Å². The van der Waals surface area contributed by atoms with Gasteiger partial charge in [0.2, 0.25) is 5.91 Å². The number of benzene rings is 1. The van der Waals surface area contributed by atoms with E-state index >= 15 is 0 Å². The quantitative estimate of drug-likeness (QED) is 0.914. The van der Waals surface area contributed by atoms with Crippen LogP contribution >= 0.6 is 0 Å². The van der Waals surface area contributed by atoms with Gasteiger partial charge in [-0.2, -0.15) is 0 Å². The van der Waals surface area contributed by atoms with Crippen LogP contribution in [0.1, 0.15) is 44.6 Å². The lowest BCUT2D eigenvalue weighted by Gasteiger charge is -2.35. The molecule has 0 spiro atoms. The number of ketones is 1. The van der Waals surface area contributed by atoms with E-state index in [9.17, 15) is 14.0 Å². The minimum atomic E-state index is -0.186. The van der Waals surface area contributed by atoms with Gasteiger partial charge >= 0.3 is 0 Å². The average Bonchev–Trinajstić information content (AvgIpc) is 2.57. The summed E-state index contributed by atoms with van der Waals surface area (Å²) in [5, 5.41) is 3.16. The molecule has 136 valence electrons. The fraction of sp³-hybridized carbons (Fsp3) is 0.600. The maximum Gasteiger partial charge on any atom is 0.223 e. The number of anilines is 1. The molecule has 1 heterocycles. The predicted molar refractivity (Wildman–Crippen MR) is 96.0 cm³/mol. The number of hydrogen-bond donors (Lipinski definition) is 1. The van der Waals surface area contributed by atoms with Crippen molar-refractivity contribution in [1.82, 2.24) is 5.32 Å². The highest BCUT2D eigenvalue weighted by Gasteiger charge is 2.33. The standard InChI is InChI=1S/C20H27FN2O2/c1-13-3-6-18(21)19(11-13)23-9-7-15(8-10-23)22-20(25)17-5-4-16(24)12-14(17)2/h3,6,11,14-15,17H,4-5,7-10,12H2,1-2H3,(H,22,25)/t14-,17+/m1/s1. The Morgan fingerprint density at radius 3 is 2.64 bits per heavy atom. The summed E-state index contributed by atoms with van der Waals surface area (Å²) in [5.74, 6) is 0.242. The van der Waals surface area contributed by atoms with E-state index in [0.717, 1.165) is 31.5 Å². The average molecular weight is 346 g/mol. The van der Waals surface area contributed by atoms with Gasteiger partial charge in [0.05, 0.1) is 5.69 Å². The fourth-order valence-electron chi connectivity index (χ4n) is 4.03. The topological polar surface area (TPSA) is 49.4 Å². The van der Waals surface area contributed by atoms with E-state index in [0.29, 0.717) is 24.9 Å². The molecule has 0 aromatic heterocycles. The maximum atomic E-state index is 14.0. The van der Waals surface area contributed by atoms with Gasteiger partial charge in [-0.25, -0.2) is 4.39 Å². The first-order valence-corrected chi connectivity index (χ1v) is 9.27. The lowest BCUT2D eigenvalue weighted by atomic mass is 9.79. The van der Waals surface area contributed by atoms with E-state index in [-0.39, 0.29) is 35.4 Å². The Kier molecular flexibility index (Phi) is 5.40. The molecule has 0 bridgehead atoms. The molecule has 1 saturated heterocycles. The number of nitrogens with zero attached hydrogens (tertiary/aromatic N) is 1. The number of halogens is 1. The number of carbonyl (C=O) groups excluding carboxylic acids is 2. The number of carbonyl (C=O) groups is 2. The molecule has 5 heteroatoms. The first-order valence-electron chi connectivity index (χ1n) is 9.27. The Bertz CT molecular complexity index is 653. The van der Waals surface area contributed by atoms with Crippen LogP contribution in [0.2, 0.25) is 0 Å². The van der Waals surface area contributed by atoms with Crippen LogP contribution in [0.3, 0.4) is 0 Å². The molecular formula is C20H27FN2O2. The van der Waals surface area contributed by atoms with Crippen LogP contribution in [-0.4, -0.2) is 30.8 Å². The van der Waals surface area contributed by atoms with Gasteiger partial charge in [-0.3, -0.25) is 9.59 Å². The first kappa shape index (κ1) is 17.9. The lowest BCUT2D eigenvalue weighted by Crippen LogP contribution is -2.48. The molecular weight excluding hydrogens is 319 g/mol. The summed E-state index contributed by atoms with van der Waals surface area (Å²) in [6.07, 6.45) is 3.34. The molecule has 1 aromatic rings. The summed E-state index contributed by atoms with van der Waals surface area (Å²) in [4.78, 5) is 26.1. The third kappa shape index (κ3) is 4.20. The second-order valence-corrected chi connectivity index (χ2v) is 7.59. The number of amides is 1. The van der Waals surface area contributed by atoms with E-state index in [4.69, 9.17) is 0 Å². The van der Waals surface area contributed by atoms with Crippen LogP contribution in [0.15, 0.2) is 18.2 Å². The monoisotopic (exact) mass is 346 g/mol. The maximum absolute atomic E-state index is 14.0. The molecule has 25 heavy (non-hydrogen) atoms. The molecule has 3 rings (SSSR count). The summed E-state index contributed by atoms with van der Waals surface area (Å²) >= 11 is 0. The van der Waals surface area contributed by atoms with Crippen LogP contribution in [0.4, 0.5) is 10.1 Å². The molecule has 1 aliphatic carbocycles. The molecule has 0 unspecified atom stereocenters. The van der Waals surface area contributed by atoms with Gasteiger partial charge in [-0.15, -0.1) is 0 Å². The van der Waals surface area contributed by atoms with Crippen LogP contribution in [0.25, 0.3) is 0 Å². The molecule has 2 fully saturated rings. The number of nitrogens with one attached hydrogen (secondary N) is 1. The van der Waals surface area contributed by atoms with Crippen molar-refractivity contribution in [3.8, 4) is 0 Å². The summed E-state index contributed by atoms with van der Waals surface area (Å²) < 4.78 is 14.0. The van der Waals surface area contributed by atoms with Crippen molar-refractivity contribution >= 4 is 17.4 Å². The Morgan fingerprint density at radius 1 is 1.24 bits per heavy atom. The van der Waals surface area contributed by atoms with E-state index < -0.39 is 0 Å². The van der Waals surface area contributed by atoms with Crippen LogP contribution in [-0.2, 0) is 9.59 Å². The highest BCUT2D eigenvalue weighted by Crippen LogP contribution is 2.29. The largest absolute Gasteiger partial charge is 0.369 e. The number of aryl methyl sites for hydroxylation is 1. The number of hydrogen-bond acceptors (Lipinski definition) is 3. The van der Waals surface area contributed by atoms with Crippen molar-refractivity contribution in [2.24, 2.45) is 11.8 Å². The van der Waals surface area contributed by atoms with Gasteiger partial charge in [-0.1, -0.05) is 13.0 Å². The van der Waals surface area contributed by atoms with Gasteiger partial charge in [-0.05, 0) is 49.8 Å². The van der Waals surface area contributed by atoms with Crippen molar-refractivity contribution in [1.29, 1.82) is 0 Å². The summed E-state index contributed by atoms with van der Waals surface area (Å²) in [7, 11) is 0. The zero-order chi connectivity index (χ0) is 18.0. The van der Waals surface area contributed by atoms with Crippen molar-refractivity contribution in [2.45, 2.75) is 52.0 Å². The minimum Gasteiger partial charge on any atom is -0.369 e. The van der Waals surface area contributed by atoms with E-state index in [1.165, 1.54) is 6.07 Å². The molecule has 0 radical (unpaired) electrons. The number of Topliss-reactive ketones (excluding diaryl/α,β-unsaturated/α-hetero) is 1. The van der Waals surface area contributed by atoms with Gasteiger partial charge in [0.15, 0.2) is 0 Å². The van der Waals surface area contributed by atoms with Crippen LogP contribution in [0.5, 0.6) is 0 Å². The zero-order valence-electron chi connectivity index (χ0n) is 15.1. The molecule has 1 aliphatic heterocycles. The molecule has 2 atom stereocenters. The number of rotatable bonds is 3. The summed E-state index contributed by atoms with van der Waals surface area (Å²) in [6.45, 7) is 5.43. The Hall–Kier alpha value is -1.91. The predicted octanol–water partition coefficient (Wildman–Crippen LogP) is 3.22. The Morgan fingerprint density at radius 2 is 1.96 bits per heavy atom. The minimum absolute atomic E-state index is 0.0510. The molecule has 4 nitrogen and oxygen atoms in total. The third-order valence-corrected chi connectivity index (χ3v) is 5.59. The fourth-order valence-corrected chi connectivity index (χ4v) is 4.03. The SMILES string of the molecule is Cc1ccc(F)c(N2CCC(NC(=O)[C@H]3CCC(=O)C[C@H]3C)CC2)c1. The number of piperidine rings is 1. The lowest BCUT2D eigenvalue weighted by molar-refractivity contribution is -0.131. The van der Waals surface area contributed by atoms with Crippen molar-refractivity contribution < 1.29 is 14.0 Å². The van der Waals surface area contributed by atoms with Gasteiger partial charge in [0, 0.05) is 37.9 Å². The molecule has 2 aliphatic rings. The molecule has 1 saturated carbocycles. The smallest absolute Gasteiger partial charge is 0.223 e. The normalized spacial score (nSPS) is 25.1. The Balaban J connectivity index is 1.53. The van der Waals surface area contributed by atoms with Gasteiger partial charge in [0.25, 0.3) is 0 Å². The molecule has 1 aromatic carbocycles. The van der Waals surface area contributed by atoms with Crippen molar-refractivity contribution in [3.05, 3.63) is 29.6 Å². The Labute approximate surface area is 148 Å². The third-order valence-electron chi connectivity index (χ3n) is 5.59. The second-order valence-electron chi connectivity index (χ2n) is 7.59. The highest BCUT2D eigenvalue weighted by molar-refractivity contribution is 5.85. The van der Waals surface area contributed by atoms with Crippen molar-refractivity contribution in [2.75, 3.05) is 18.0 Å². The zero-order valence-corrected chi connectivity index (χ0v) is 15.1. The van der Waals surface area contributed by atoms with Crippen LogP contribution in [0, 0.1) is 24.6 Å². The van der Waals surface area contributed by atoms with Crippen LogP contribution < -0.4 is 10.2 Å². The summed E-state index contributed by atoms with van der Waals surface area (Å²) in [5.41, 5.74) is 1.71.